The molecule has 0 radical (unpaired) electrons. The zero-order valence-electron chi connectivity index (χ0n) is 10.6. The monoisotopic (exact) mass is 242 g/mol. The van der Waals surface area contributed by atoms with E-state index in [0.717, 1.165) is 16.9 Å². The van der Waals surface area contributed by atoms with Crippen molar-refractivity contribution < 1.29 is 9.53 Å². The maximum Gasteiger partial charge on any atom is 0.196 e. The summed E-state index contributed by atoms with van der Waals surface area (Å²) in [7, 11) is 1.62. The Labute approximate surface area is 106 Å². The van der Waals surface area contributed by atoms with Crippen molar-refractivity contribution in [2.45, 2.75) is 13.8 Å². The number of aryl methyl sites for hydroxylation is 2. The van der Waals surface area contributed by atoms with E-state index in [4.69, 9.17) is 4.74 Å². The lowest BCUT2D eigenvalue weighted by Crippen LogP contribution is -2.06. The van der Waals surface area contributed by atoms with Crippen molar-refractivity contribution in [1.82, 2.24) is 9.97 Å². The van der Waals surface area contributed by atoms with Crippen molar-refractivity contribution in [1.29, 1.82) is 0 Å². The van der Waals surface area contributed by atoms with E-state index < -0.39 is 0 Å². The summed E-state index contributed by atoms with van der Waals surface area (Å²) in [6.45, 7) is 3.80. The highest BCUT2D eigenvalue weighted by Crippen LogP contribution is 2.24. The number of hydrogen-bond donors (Lipinski definition) is 0. The van der Waals surface area contributed by atoms with Gasteiger partial charge in [0.2, 0.25) is 0 Å². The number of methoxy groups -OCH3 is 1. The van der Waals surface area contributed by atoms with Crippen molar-refractivity contribution in [3.63, 3.8) is 0 Å². The minimum atomic E-state index is -0.0705. The predicted molar refractivity (Wildman–Crippen MR) is 67.9 cm³/mol. The van der Waals surface area contributed by atoms with Crippen LogP contribution in [0.1, 0.15) is 27.0 Å². The minimum absolute atomic E-state index is 0.0705. The van der Waals surface area contributed by atoms with Gasteiger partial charge in [-0.15, -0.1) is 0 Å². The Morgan fingerprint density at radius 3 is 2.39 bits per heavy atom. The molecule has 0 N–H and O–H groups in total. The molecule has 0 amide bonds. The molecule has 0 fully saturated rings. The molecule has 0 spiro atoms. The quantitative estimate of drug-likeness (QED) is 0.775. The molecule has 1 aromatic heterocycles. The molecule has 0 aliphatic rings. The van der Waals surface area contributed by atoms with Crippen LogP contribution < -0.4 is 4.74 Å². The molecule has 0 saturated carbocycles. The Hall–Kier alpha value is -2.23. The number of ketones is 1. The summed E-state index contributed by atoms with van der Waals surface area (Å²) in [5.74, 6) is 0.715. The zero-order valence-corrected chi connectivity index (χ0v) is 10.6. The molecule has 4 heteroatoms. The number of carbonyl (C=O) groups excluding carboxylic acids is 1. The second-order valence-electron chi connectivity index (χ2n) is 4.09. The summed E-state index contributed by atoms with van der Waals surface area (Å²) in [5, 5.41) is 0. The van der Waals surface area contributed by atoms with Crippen LogP contribution in [0.15, 0.2) is 30.9 Å². The highest BCUT2D eigenvalue weighted by atomic mass is 16.5. The van der Waals surface area contributed by atoms with E-state index in [0.29, 0.717) is 11.1 Å². The van der Waals surface area contributed by atoms with Gasteiger partial charge in [0.1, 0.15) is 12.1 Å². The largest absolute Gasteiger partial charge is 0.496 e. The normalized spacial score (nSPS) is 10.2. The fourth-order valence-corrected chi connectivity index (χ4v) is 1.83. The number of benzene rings is 1. The van der Waals surface area contributed by atoms with Crippen LogP contribution in [0, 0.1) is 13.8 Å². The molecule has 92 valence electrons. The van der Waals surface area contributed by atoms with Gasteiger partial charge in [-0.2, -0.15) is 0 Å². The Balaban J connectivity index is 2.46. The van der Waals surface area contributed by atoms with Crippen molar-refractivity contribution >= 4 is 5.78 Å². The average Bonchev–Trinajstić information content (AvgIpc) is 2.41. The van der Waals surface area contributed by atoms with Crippen LogP contribution in [0.2, 0.25) is 0 Å². The van der Waals surface area contributed by atoms with Crippen LogP contribution in [-0.2, 0) is 0 Å². The molecule has 2 aromatic rings. The molecule has 0 saturated heterocycles. The van der Waals surface area contributed by atoms with Gasteiger partial charge in [-0.1, -0.05) is 0 Å². The number of rotatable bonds is 3. The molecular formula is C14H14N2O2. The Morgan fingerprint density at radius 2 is 1.78 bits per heavy atom. The van der Waals surface area contributed by atoms with Gasteiger partial charge < -0.3 is 4.74 Å². The highest BCUT2D eigenvalue weighted by molar-refractivity contribution is 6.09. The van der Waals surface area contributed by atoms with E-state index in [1.54, 1.807) is 7.11 Å². The van der Waals surface area contributed by atoms with Gasteiger partial charge >= 0.3 is 0 Å². The first-order chi connectivity index (χ1) is 8.63. The molecule has 0 atom stereocenters. The van der Waals surface area contributed by atoms with E-state index in [-0.39, 0.29) is 5.78 Å². The number of ether oxygens (including phenoxy) is 1. The molecule has 4 nitrogen and oxygen atoms in total. The van der Waals surface area contributed by atoms with Crippen LogP contribution in [0.3, 0.4) is 0 Å². The Kier molecular flexibility index (Phi) is 3.37. The molecule has 1 aromatic carbocycles. The van der Waals surface area contributed by atoms with Gasteiger partial charge in [-0.3, -0.25) is 4.79 Å². The third kappa shape index (κ3) is 2.22. The van der Waals surface area contributed by atoms with Crippen molar-refractivity contribution in [3.8, 4) is 5.75 Å². The number of aromatic nitrogens is 2. The summed E-state index contributed by atoms with van der Waals surface area (Å²) in [6.07, 6.45) is 4.45. The summed E-state index contributed by atoms with van der Waals surface area (Å²) in [4.78, 5) is 20.0. The molecule has 1 heterocycles. The van der Waals surface area contributed by atoms with Crippen molar-refractivity contribution in [2.24, 2.45) is 0 Å². The fraction of sp³-hybridized carbons (Fsp3) is 0.214. The molecular weight excluding hydrogens is 228 g/mol. The van der Waals surface area contributed by atoms with Crippen molar-refractivity contribution in [3.05, 3.63) is 53.1 Å². The first-order valence-corrected chi connectivity index (χ1v) is 5.58. The number of hydrogen-bond acceptors (Lipinski definition) is 4. The molecule has 0 aliphatic carbocycles. The predicted octanol–water partition coefficient (Wildman–Crippen LogP) is 2.33. The van der Waals surface area contributed by atoms with Crippen LogP contribution >= 0.6 is 0 Å². The smallest absolute Gasteiger partial charge is 0.196 e. The third-order valence-corrected chi connectivity index (χ3v) is 2.81. The Morgan fingerprint density at radius 1 is 1.11 bits per heavy atom. The highest BCUT2D eigenvalue weighted by Gasteiger charge is 2.14. The van der Waals surface area contributed by atoms with Gasteiger partial charge in [0.15, 0.2) is 5.78 Å². The lowest BCUT2D eigenvalue weighted by atomic mass is 9.98. The standard InChI is InChI=1S/C14H14N2O2/c1-9-5-13(18-3)10(2)4-12(9)14(17)11-6-15-8-16-7-11/h4-8H,1-3H3. The van der Waals surface area contributed by atoms with Gasteiger partial charge in [-0.25, -0.2) is 9.97 Å². The maximum atomic E-state index is 12.3. The molecule has 18 heavy (non-hydrogen) atoms. The second-order valence-corrected chi connectivity index (χ2v) is 4.09. The molecule has 2 rings (SSSR count). The summed E-state index contributed by atoms with van der Waals surface area (Å²) in [5.41, 5.74) is 2.96. The fourth-order valence-electron chi connectivity index (χ4n) is 1.83. The maximum absolute atomic E-state index is 12.3. The second kappa shape index (κ2) is 4.96. The van der Waals surface area contributed by atoms with Gasteiger partial charge in [-0.05, 0) is 37.1 Å². The van der Waals surface area contributed by atoms with Gasteiger partial charge in [0.05, 0.1) is 12.7 Å². The third-order valence-electron chi connectivity index (χ3n) is 2.81. The SMILES string of the molecule is COc1cc(C)c(C(=O)c2cncnc2)cc1C. The lowest BCUT2D eigenvalue weighted by Gasteiger charge is -2.10. The van der Waals surface area contributed by atoms with Crippen LogP contribution in [0.4, 0.5) is 0 Å². The van der Waals surface area contributed by atoms with E-state index in [1.807, 2.05) is 26.0 Å². The topological polar surface area (TPSA) is 52.1 Å². The summed E-state index contributed by atoms with van der Waals surface area (Å²) < 4.78 is 5.23. The van der Waals surface area contributed by atoms with Crippen molar-refractivity contribution in [2.75, 3.05) is 7.11 Å². The van der Waals surface area contributed by atoms with E-state index in [2.05, 4.69) is 9.97 Å². The van der Waals surface area contributed by atoms with Gasteiger partial charge in [0.25, 0.3) is 0 Å². The molecule has 0 aliphatic heterocycles. The first-order valence-electron chi connectivity index (χ1n) is 5.58. The Bertz CT molecular complexity index is 580. The minimum Gasteiger partial charge on any atom is -0.496 e. The molecule has 0 bridgehead atoms. The van der Waals surface area contributed by atoms with Gasteiger partial charge in [0, 0.05) is 18.0 Å². The van der Waals surface area contributed by atoms with Crippen LogP contribution in [0.25, 0.3) is 0 Å². The number of carbonyl (C=O) groups is 1. The summed E-state index contributed by atoms with van der Waals surface area (Å²) >= 11 is 0. The van der Waals surface area contributed by atoms with Crippen LogP contribution in [-0.4, -0.2) is 22.9 Å². The first kappa shape index (κ1) is 12.2. The number of nitrogens with zero attached hydrogens (tertiary/aromatic N) is 2. The summed E-state index contributed by atoms with van der Waals surface area (Å²) in [6, 6.07) is 3.70. The molecule has 0 unspecified atom stereocenters. The average molecular weight is 242 g/mol. The zero-order chi connectivity index (χ0) is 13.1. The van der Waals surface area contributed by atoms with E-state index >= 15 is 0 Å². The van der Waals surface area contributed by atoms with E-state index in [9.17, 15) is 4.79 Å². The van der Waals surface area contributed by atoms with E-state index in [1.165, 1.54) is 18.7 Å². The lowest BCUT2D eigenvalue weighted by molar-refractivity contribution is 0.103. The van der Waals surface area contributed by atoms with Crippen LogP contribution in [0.5, 0.6) is 5.75 Å².